The molecule has 0 saturated carbocycles. The van der Waals surface area contributed by atoms with Crippen LogP contribution in [-0.4, -0.2) is 35.4 Å². The summed E-state index contributed by atoms with van der Waals surface area (Å²) in [6.45, 7) is 3.52. The first-order valence-corrected chi connectivity index (χ1v) is 7.24. The molecule has 1 N–H and O–H groups in total. The molecule has 0 aromatic heterocycles. The summed E-state index contributed by atoms with van der Waals surface area (Å²) in [5, 5.41) is 13.9. The summed E-state index contributed by atoms with van der Waals surface area (Å²) in [6, 6.07) is 3.14. The quantitative estimate of drug-likeness (QED) is 0.674. The maximum Gasteiger partial charge on any atom is 0.273 e. The van der Waals surface area contributed by atoms with Crippen molar-refractivity contribution in [2.75, 3.05) is 25.0 Å². The first kappa shape index (κ1) is 14.8. The molecule has 2 rings (SSSR count). The molecule has 1 aliphatic rings. The number of benzene rings is 1. The Labute approximate surface area is 125 Å². The Hall–Kier alpha value is -1.63. The van der Waals surface area contributed by atoms with E-state index in [9.17, 15) is 14.9 Å². The Bertz CT molecular complexity index is 542. The van der Waals surface area contributed by atoms with Gasteiger partial charge in [-0.15, -0.1) is 0 Å². The number of nitro benzene ring substituents is 1. The van der Waals surface area contributed by atoms with E-state index in [0.717, 1.165) is 25.9 Å². The van der Waals surface area contributed by atoms with Gasteiger partial charge in [0.15, 0.2) is 0 Å². The minimum Gasteiger partial charge on any atom is -0.375 e. The number of likely N-dealkylation sites (tertiary alicyclic amines) is 1. The molecule has 7 heteroatoms. The molecule has 1 aromatic carbocycles. The van der Waals surface area contributed by atoms with Crippen molar-refractivity contribution in [2.45, 2.75) is 19.8 Å². The monoisotopic (exact) mass is 341 g/mol. The van der Waals surface area contributed by atoms with Crippen LogP contribution in [0.2, 0.25) is 0 Å². The normalized spacial score (nSPS) is 14.4. The highest BCUT2D eigenvalue weighted by Crippen LogP contribution is 2.30. The number of nitrogens with zero attached hydrogens (tertiary/aromatic N) is 2. The van der Waals surface area contributed by atoms with Crippen LogP contribution in [0.15, 0.2) is 16.6 Å². The number of anilines is 1. The van der Waals surface area contributed by atoms with Crippen LogP contribution in [0.4, 0.5) is 11.4 Å². The zero-order valence-electron chi connectivity index (χ0n) is 11.2. The van der Waals surface area contributed by atoms with E-state index in [1.165, 1.54) is 6.07 Å². The van der Waals surface area contributed by atoms with E-state index >= 15 is 0 Å². The van der Waals surface area contributed by atoms with Crippen molar-refractivity contribution in [2.24, 2.45) is 0 Å². The number of carbonyl (C=O) groups excluding carboxylic acids is 1. The predicted octanol–water partition coefficient (Wildman–Crippen LogP) is 2.70. The van der Waals surface area contributed by atoms with Crippen molar-refractivity contribution >= 4 is 33.2 Å². The molecule has 1 aromatic rings. The van der Waals surface area contributed by atoms with Gasteiger partial charge in [0, 0.05) is 34.9 Å². The van der Waals surface area contributed by atoms with E-state index in [2.05, 4.69) is 21.2 Å². The second-order valence-electron chi connectivity index (χ2n) is 4.82. The SMILES string of the molecule is Cc1cc(NCC(=O)N2CCCC2)c(Br)cc1[N+](=O)[O-]. The maximum absolute atomic E-state index is 11.9. The van der Waals surface area contributed by atoms with Gasteiger partial charge in [-0.3, -0.25) is 14.9 Å². The fourth-order valence-corrected chi connectivity index (χ4v) is 2.72. The third kappa shape index (κ3) is 3.27. The van der Waals surface area contributed by atoms with Gasteiger partial charge in [0.2, 0.25) is 5.91 Å². The first-order valence-electron chi connectivity index (χ1n) is 6.45. The highest BCUT2D eigenvalue weighted by atomic mass is 79.9. The summed E-state index contributed by atoms with van der Waals surface area (Å²) < 4.78 is 0.587. The van der Waals surface area contributed by atoms with Gasteiger partial charge < -0.3 is 10.2 Å². The standard InChI is InChI=1S/C13H16BrN3O3/c1-9-6-11(10(14)7-12(9)17(19)20)15-8-13(18)16-4-2-3-5-16/h6-7,15H,2-5,8H2,1H3. The van der Waals surface area contributed by atoms with Gasteiger partial charge in [0.05, 0.1) is 11.5 Å². The minimum atomic E-state index is -0.417. The highest BCUT2D eigenvalue weighted by Gasteiger charge is 2.18. The van der Waals surface area contributed by atoms with Gasteiger partial charge in [0.25, 0.3) is 5.69 Å². The summed E-state index contributed by atoms with van der Waals surface area (Å²) in [5.41, 5.74) is 1.32. The van der Waals surface area contributed by atoms with Gasteiger partial charge in [0.1, 0.15) is 0 Å². The van der Waals surface area contributed by atoms with Gasteiger partial charge in [-0.05, 0) is 41.8 Å². The number of nitrogens with one attached hydrogen (secondary N) is 1. The zero-order valence-corrected chi connectivity index (χ0v) is 12.8. The van der Waals surface area contributed by atoms with Crippen LogP contribution < -0.4 is 5.32 Å². The van der Waals surface area contributed by atoms with Gasteiger partial charge in [-0.1, -0.05) is 0 Å². The molecule has 1 fully saturated rings. The van der Waals surface area contributed by atoms with E-state index in [-0.39, 0.29) is 18.1 Å². The third-order valence-corrected chi connectivity index (χ3v) is 4.03. The molecule has 0 radical (unpaired) electrons. The number of halogens is 1. The van der Waals surface area contributed by atoms with Gasteiger partial charge >= 0.3 is 0 Å². The molecule has 6 nitrogen and oxygen atoms in total. The molecule has 108 valence electrons. The molecule has 1 aliphatic heterocycles. The Morgan fingerprint density at radius 3 is 2.70 bits per heavy atom. The van der Waals surface area contributed by atoms with Crippen molar-refractivity contribution < 1.29 is 9.72 Å². The van der Waals surface area contributed by atoms with Crippen LogP contribution in [0, 0.1) is 17.0 Å². The lowest BCUT2D eigenvalue weighted by atomic mass is 10.2. The number of nitro groups is 1. The lowest BCUT2D eigenvalue weighted by molar-refractivity contribution is -0.385. The Kier molecular flexibility index (Phi) is 4.59. The van der Waals surface area contributed by atoms with E-state index in [0.29, 0.717) is 15.7 Å². The molecule has 0 aliphatic carbocycles. The van der Waals surface area contributed by atoms with Crippen molar-refractivity contribution in [3.63, 3.8) is 0 Å². The summed E-state index contributed by atoms with van der Waals surface area (Å²) in [6.07, 6.45) is 2.12. The lowest BCUT2D eigenvalue weighted by Gasteiger charge is -2.16. The van der Waals surface area contributed by atoms with E-state index in [1.54, 1.807) is 13.0 Å². The minimum absolute atomic E-state index is 0.0606. The van der Waals surface area contributed by atoms with Crippen LogP contribution in [0.5, 0.6) is 0 Å². The number of rotatable bonds is 4. The summed E-state index contributed by atoms with van der Waals surface area (Å²) in [5.74, 6) is 0.0606. The molecule has 0 bridgehead atoms. The first-order chi connectivity index (χ1) is 9.49. The second-order valence-corrected chi connectivity index (χ2v) is 5.67. The van der Waals surface area contributed by atoms with Crippen LogP contribution in [0.1, 0.15) is 18.4 Å². The van der Waals surface area contributed by atoms with Crippen molar-refractivity contribution in [1.82, 2.24) is 4.90 Å². The van der Waals surface area contributed by atoms with Crippen LogP contribution in [0.3, 0.4) is 0 Å². The van der Waals surface area contributed by atoms with Crippen molar-refractivity contribution in [1.29, 1.82) is 0 Å². The predicted molar refractivity (Wildman–Crippen MR) is 79.8 cm³/mol. The number of hydrogen-bond acceptors (Lipinski definition) is 4. The maximum atomic E-state index is 11.9. The molecule has 1 amide bonds. The molecular weight excluding hydrogens is 326 g/mol. The van der Waals surface area contributed by atoms with E-state index in [4.69, 9.17) is 0 Å². The van der Waals surface area contributed by atoms with Crippen molar-refractivity contribution in [3.05, 3.63) is 32.3 Å². The van der Waals surface area contributed by atoms with Crippen LogP contribution >= 0.6 is 15.9 Å². The van der Waals surface area contributed by atoms with Crippen LogP contribution in [-0.2, 0) is 4.79 Å². The molecule has 20 heavy (non-hydrogen) atoms. The summed E-state index contributed by atoms with van der Waals surface area (Å²) >= 11 is 3.29. The summed E-state index contributed by atoms with van der Waals surface area (Å²) in [7, 11) is 0. The van der Waals surface area contributed by atoms with Crippen molar-refractivity contribution in [3.8, 4) is 0 Å². The average Bonchev–Trinajstić information content (AvgIpc) is 2.92. The smallest absolute Gasteiger partial charge is 0.273 e. The lowest BCUT2D eigenvalue weighted by Crippen LogP contribution is -2.33. The number of carbonyl (C=O) groups is 1. The Morgan fingerprint density at radius 2 is 2.10 bits per heavy atom. The molecule has 1 heterocycles. The average molecular weight is 342 g/mol. The number of amides is 1. The highest BCUT2D eigenvalue weighted by molar-refractivity contribution is 9.10. The third-order valence-electron chi connectivity index (χ3n) is 3.37. The molecular formula is C13H16BrN3O3. The second kappa shape index (κ2) is 6.21. The van der Waals surface area contributed by atoms with E-state index in [1.807, 2.05) is 4.90 Å². The number of hydrogen-bond donors (Lipinski definition) is 1. The zero-order chi connectivity index (χ0) is 14.7. The molecule has 0 spiro atoms. The van der Waals surface area contributed by atoms with Gasteiger partial charge in [-0.2, -0.15) is 0 Å². The molecule has 1 saturated heterocycles. The van der Waals surface area contributed by atoms with E-state index < -0.39 is 4.92 Å². The fourth-order valence-electron chi connectivity index (χ4n) is 2.25. The fraction of sp³-hybridized carbons (Fsp3) is 0.462. The Balaban J connectivity index is 2.04. The van der Waals surface area contributed by atoms with Gasteiger partial charge in [-0.25, -0.2) is 0 Å². The topological polar surface area (TPSA) is 75.5 Å². The Morgan fingerprint density at radius 1 is 1.45 bits per heavy atom. The molecule has 0 atom stereocenters. The van der Waals surface area contributed by atoms with Crippen LogP contribution in [0.25, 0.3) is 0 Å². The number of aryl methyl sites for hydroxylation is 1. The summed E-state index contributed by atoms with van der Waals surface area (Å²) in [4.78, 5) is 24.2. The molecule has 0 unspecified atom stereocenters. The largest absolute Gasteiger partial charge is 0.375 e.